The molecular formula is C14H17I2NO2. The van der Waals surface area contributed by atoms with Gasteiger partial charge in [-0.1, -0.05) is 0 Å². The molecule has 2 rings (SSSR count). The van der Waals surface area contributed by atoms with Gasteiger partial charge in [-0.05, 0) is 0 Å². The Morgan fingerprint density at radius 1 is 1.26 bits per heavy atom. The van der Waals surface area contributed by atoms with Crippen LogP contribution in [0.15, 0.2) is 35.1 Å². The summed E-state index contributed by atoms with van der Waals surface area (Å²) in [5, 5.41) is 1.03. The summed E-state index contributed by atoms with van der Waals surface area (Å²) in [6, 6.07) is 9.19. The van der Waals surface area contributed by atoms with E-state index in [1.54, 1.807) is 6.07 Å². The Labute approximate surface area is 129 Å². The molecule has 0 fully saturated rings. The number of rotatable bonds is 6. The van der Waals surface area contributed by atoms with Gasteiger partial charge in [0.25, 0.3) is 0 Å². The van der Waals surface area contributed by atoms with Crippen LogP contribution in [0.5, 0.6) is 5.75 Å². The van der Waals surface area contributed by atoms with E-state index in [-0.39, 0.29) is 5.56 Å². The SMILES string of the molecule is CI(I)CCCCOc1ccc2ccc(=O)[nH]c2c1. The van der Waals surface area contributed by atoms with Gasteiger partial charge in [0, 0.05) is 0 Å². The molecule has 19 heavy (non-hydrogen) atoms. The van der Waals surface area contributed by atoms with Crippen molar-refractivity contribution in [1.29, 1.82) is 0 Å². The van der Waals surface area contributed by atoms with E-state index in [9.17, 15) is 4.79 Å². The molecule has 5 heteroatoms. The fourth-order valence-electron chi connectivity index (χ4n) is 1.79. The summed E-state index contributed by atoms with van der Waals surface area (Å²) in [6.07, 6.45) is 2.36. The summed E-state index contributed by atoms with van der Waals surface area (Å²) in [5.74, 6) is 0.829. The zero-order valence-electron chi connectivity index (χ0n) is 10.8. The van der Waals surface area contributed by atoms with Crippen LogP contribution in [-0.4, -0.2) is 20.9 Å². The molecule has 0 atom stereocenters. The van der Waals surface area contributed by atoms with Crippen molar-refractivity contribution in [2.24, 2.45) is 0 Å². The third kappa shape index (κ3) is 4.94. The summed E-state index contributed by atoms with van der Waals surface area (Å²) >= 11 is 2.00. The Kier molecular flexibility index (Phi) is 5.93. The minimum absolute atomic E-state index is 0.0775. The van der Waals surface area contributed by atoms with Crippen molar-refractivity contribution in [1.82, 2.24) is 4.98 Å². The van der Waals surface area contributed by atoms with Crippen LogP contribution in [-0.2, 0) is 0 Å². The number of alkyl halides is 2. The van der Waals surface area contributed by atoms with Gasteiger partial charge in [-0.3, -0.25) is 0 Å². The summed E-state index contributed by atoms with van der Waals surface area (Å²) in [7, 11) is 0. The van der Waals surface area contributed by atoms with Crippen LogP contribution in [0.25, 0.3) is 10.9 Å². The Hall–Kier alpha value is -0.310. The van der Waals surface area contributed by atoms with Crippen LogP contribution < -0.4 is 10.3 Å². The summed E-state index contributed by atoms with van der Waals surface area (Å²) in [5.41, 5.74) is 0.755. The molecule has 0 saturated carbocycles. The minimum atomic E-state index is -0.602. The van der Waals surface area contributed by atoms with E-state index >= 15 is 0 Å². The number of pyridine rings is 1. The van der Waals surface area contributed by atoms with Gasteiger partial charge in [-0.2, -0.15) is 0 Å². The molecule has 1 heterocycles. The first kappa shape index (κ1) is 15.1. The van der Waals surface area contributed by atoms with Crippen LogP contribution in [0.4, 0.5) is 0 Å². The van der Waals surface area contributed by atoms with E-state index in [1.165, 1.54) is 10.8 Å². The second-order valence-electron chi connectivity index (χ2n) is 4.33. The second-order valence-corrected chi connectivity index (χ2v) is 17.7. The number of fused-ring (bicyclic) bond motifs is 1. The Bertz CT molecular complexity index is 595. The number of benzene rings is 1. The number of hydrogen-bond donors (Lipinski definition) is 1. The number of nitrogens with one attached hydrogen (secondary N) is 1. The van der Waals surface area contributed by atoms with Crippen molar-refractivity contribution in [3.63, 3.8) is 0 Å². The standard InChI is InChI=1S/C14H17I2NO2/c1-16(15)8-2-3-9-19-12-6-4-11-5-7-14(18)17-13(11)10-12/h4-7,10H,2-3,8-9H2,1H3,(H,17,18). The van der Waals surface area contributed by atoms with Crippen LogP contribution in [0.1, 0.15) is 12.8 Å². The van der Waals surface area contributed by atoms with Crippen molar-refractivity contribution >= 4 is 45.4 Å². The zero-order chi connectivity index (χ0) is 13.7. The average molecular weight is 485 g/mol. The molecule has 0 radical (unpaired) electrons. The Morgan fingerprint density at radius 3 is 2.84 bits per heavy atom. The van der Waals surface area contributed by atoms with Gasteiger partial charge in [0.05, 0.1) is 0 Å². The molecule has 0 unspecified atom stereocenters. The topological polar surface area (TPSA) is 42.1 Å². The van der Waals surface area contributed by atoms with Gasteiger partial charge in [0.1, 0.15) is 0 Å². The third-order valence-corrected chi connectivity index (χ3v) is 7.74. The molecule has 3 nitrogen and oxygen atoms in total. The van der Waals surface area contributed by atoms with Crippen molar-refractivity contribution < 1.29 is 4.74 Å². The number of aromatic nitrogens is 1. The number of unbranched alkanes of at least 4 members (excludes halogenated alkanes) is 1. The molecule has 1 aromatic carbocycles. The van der Waals surface area contributed by atoms with Crippen LogP contribution in [0.3, 0.4) is 0 Å². The first-order valence-corrected chi connectivity index (χ1v) is 16.1. The number of ether oxygens (including phenoxy) is 1. The maximum absolute atomic E-state index is 11.3. The Morgan fingerprint density at radius 2 is 2.05 bits per heavy atom. The molecule has 1 aromatic heterocycles. The molecule has 104 valence electrons. The predicted octanol–water partition coefficient (Wildman–Crippen LogP) is 4.17. The monoisotopic (exact) mass is 485 g/mol. The van der Waals surface area contributed by atoms with Crippen molar-refractivity contribution in [3.8, 4) is 5.75 Å². The summed E-state index contributed by atoms with van der Waals surface area (Å²) in [6.45, 7) is 0.753. The van der Waals surface area contributed by atoms with Gasteiger partial charge in [0.2, 0.25) is 0 Å². The van der Waals surface area contributed by atoms with Crippen LogP contribution in [0.2, 0.25) is 0 Å². The van der Waals surface area contributed by atoms with E-state index in [0.717, 1.165) is 29.7 Å². The quantitative estimate of drug-likeness (QED) is 0.380. The van der Waals surface area contributed by atoms with E-state index in [1.807, 2.05) is 24.3 Å². The van der Waals surface area contributed by atoms with Crippen molar-refractivity contribution in [2.45, 2.75) is 12.8 Å². The molecule has 0 aliphatic rings. The normalized spacial score (nSPS) is 11.6. The third-order valence-electron chi connectivity index (χ3n) is 2.75. The number of halogens is 2. The fraction of sp³-hybridized carbons (Fsp3) is 0.357. The number of H-pyrrole nitrogens is 1. The molecule has 0 amide bonds. The van der Waals surface area contributed by atoms with Crippen molar-refractivity contribution in [3.05, 3.63) is 40.7 Å². The fourth-order valence-corrected chi connectivity index (χ4v) is 5.31. The number of aromatic amines is 1. The number of hydrogen-bond acceptors (Lipinski definition) is 2. The second kappa shape index (κ2) is 7.47. The molecule has 0 aliphatic heterocycles. The van der Waals surface area contributed by atoms with Gasteiger partial charge in [-0.15, -0.1) is 0 Å². The van der Waals surface area contributed by atoms with E-state index in [4.69, 9.17) is 4.74 Å². The molecule has 2 aromatic rings. The van der Waals surface area contributed by atoms with Gasteiger partial charge >= 0.3 is 130 Å². The van der Waals surface area contributed by atoms with Crippen molar-refractivity contribution in [2.75, 3.05) is 16.0 Å². The maximum atomic E-state index is 11.3. The molecule has 0 aliphatic carbocycles. The van der Waals surface area contributed by atoms with E-state index < -0.39 is 15.8 Å². The molecule has 0 saturated heterocycles. The predicted molar refractivity (Wildman–Crippen MR) is 98.1 cm³/mol. The van der Waals surface area contributed by atoms with E-state index in [0.29, 0.717) is 0 Å². The average Bonchev–Trinajstić information content (AvgIpc) is 2.37. The van der Waals surface area contributed by atoms with Gasteiger partial charge < -0.3 is 0 Å². The first-order chi connectivity index (χ1) is 9.15. The first-order valence-electron chi connectivity index (χ1n) is 6.13. The Balaban J connectivity index is 1.92. The molecule has 0 bridgehead atoms. The molecule has 0 spiro atoms. The summed E-state index contributed by atoms with van der Waals surface area (Å²) in [4.78, 5) is 16.5. The van der Waals surface area contributed by atoms with Crippen LogP contribution >= 0.6 is 34.5 Å². The molecular weight excluding hydrogens is 468 g/mol. The van der Waals surface area contributed by atoms with Gasteiger partial charge in [-0.25, -0.2) is 0 Å². The van der Waals surface area contributed by atoms with E-state index in [2.05, 4.69) is 28.5 Å². The van der Waals surface area contributed by atoms with Gasteiger partial charge in [0.15, 0.2) is 0 Å². The zero-order valence-corrected chi connectivity index (χ0v) is 15.1. The summed E-state index contributed by atoms with van der Waals surface area (Å²) < 4.78 is 7.12. The molecule has 1 N–H and O–H groups in total. The van der Waals surface area contributed by atoms with Crippen LogP contribution in [0, 0.1) is 0 Å².